The molecule has 0 radical (unpaired) electrons. The van der Waals surface area contributed by atoms with E-state index >= 15 is 0 Å². The summed E-state index contributed by atoms with van der Waals surface area (Å²) < 4.78 is 5.04. The van der Waals surface area contributed by atoms with Crippen molar-refractivity contribution in [2.45, 2.75) is 25.9 Å². The van der Waals surface area contributed by atoms with Crippen molar-refractivity contribution in [1.82, 2.24) is 5.32 Å². The van der Waals surface area contributed by atoms with Crippen molar-refractivity contribution >= 4 is 0 Å². The molecule has 1 unspecified atom stereocenters. The summed E-state index contributed by atoms with van der Waals surface area (Å²) in [6.45, 7) is 4.18. The maximum atomic E-state index is 8.47. The lowest BCUT2D eigenvalue weighted by Gasteiger charge is -2.09. The van der Waals surface area contributed by atoms with Gasteiger partial charge in [-0.25, -0.2) is 0 Å². The zero-order valence-electron chi connectivity index (χ0n) is 7.47. The Morgan fingerprint density at radius 3 is 2.73 bits per heavy atom. The summed E-state index contributed by atoms with van der Waals surface area (Å²) in [6, 6.07) is 0. The molecular formula is C8H19NO2. The van der Waals surface area contributed by atoms with Crippen molar-refractivity contribution < 1.29 is 9.84 Å². The van der Waals surface area contributed by atoms with Crippen molar-refractivity contribution in [3.8, 4) is 0 Å². The molecule has 0 aromatic heterocycles. The van der Waals surface area contributed by atoms with Crippen LogP contribution in [-0.4, -0.2) is 38.0 Å². The van der Waals surface area contributed by atoms with Crippen LogP contribution in [0.2, 0.25) is 0 Å². The molecule has 0 aliphatic carbocycles. The lowest BCUT2D eigenvalue weighted by atomic mass is 10.3. The highest BCUT2D eigenvalue weighted by Crippen LogP contribution is 1.86. The Labute approximate surface area is 68.8 Å². The number of rotatable bonds is 7. The molecule has 68 valence electrons. The van der Waals surface area contributed by atoms with Gasteiger partial charge in [0.05, 0.1) is 6.10 Å². The summed E-state index contributed by atoms with van der Waals surface area (Å²) in [4.78, 5) is 0. The van der Waals surface area contributed by atoms with E-state index in [1.807, 2.05) is 6.92 Å². The van der Waals surface area contributed by atoms with Gasteiger partial charge in [-0.1, -0.05) is 0 Å². The molecule has 0 fully saturated rings. The average Bonchev–Trinajstić information content (AvgIpc) is 2.04. The van der Waals surface area contributed by atoms with Gasteiger partial charge in [0.25, 0.3) is 0 Å². The molecule has 0 rings (SSSR count). The van der Waals surface area contributed by atoms with Crippen molar-refractivity contribution in [2.75, 3.05) is 26.8 Å². The normalized spacial score (nSPS) is 13.4. The Morgan fingerprint density at radius 2 is 2.18 bits per heavy atom. The number of hydrogen-bond donors (Lipinski definition) is 2. The van der Waals surface area contributed by atoms with Gasteiger partial charge < -0.3 is 15.2 Å². The number of ether oxygens (including phenoxy) is 1. The Bertz CT molecular complexity index is 78.5. The molecule has 0 amide bonds. The largest absolute Gasteiger partial charge is 0.396 e. The van der Waals surface area contributed by atoms with E-state index in [1.165, 1.54) is 0 Å². The van der Waals surface area contributed by atoms with E-state index in [0.717, 1.165) is 25.9 Å². The van der Waals surface area contributed by atoms with Gasteiger partial charge in [0, 0.05) is 20.3 Å². The quantitative estimate of drug-likeness (QED) is 0.530. The SMILES string of the molecule is COC(C)CNCCCCO. The Morgan fingerprint density at radius 1 is 1.45 bits per heavy atom. The van der Waals surface area contributed by atoms with Gasteiger partial charge in [0.2, 0.25) is 0 Å². The first kappa shape index (κ1) is 10.9. The first-order valence-corrected chi connectivity index (χ1v) is 4.15. The van der Waals surface area contributed by atoms with Gasteiger partial charge in [0.15, 0.2) is 0 Å². The molecule has 0 saturated heterocycles. The van der Waals surface area contributed by atoms with Gasteiger partial charge in [0.1, 0.15) is 0 Å². The van der Waals surface area contributed by atoms with Crippen LogP contribution in [0, 0.1) is 0 Å². The maximum Gasteiger partial charge on any atom is 0.0667 e. The van der Waals surface area contributed by atoms with Crippen LogP contribution in [0.25, 0.3) is 0 Å². The van der Waals surface area contributed by atoms with E-state index in [9.17, 15) is 0 Å². The highest BCUT2D eigenvalue weighted by atomic mass is 16.5. The number of methoxy groups -OCH3 is 1. The first-order valence-electron chi connectivity index (χ1n) is 4.15. The molecule has 0 bridgehead atoms. The average molecular weight is 161 g/mol. The second kappa shape index (κ2) is 7.98. The van der Waals surface area contributed by atoms with E-state index in [4.69, 9.17) is 9.84 Å². The van der Waals surface area contributed by atoms with E-state index in [2.05, 4.69) is 5.32 Å². The molecule has 0 heterocycles. The van der Waals surface area contributed by atoms with Crippen LogP contribution in [0.5, 0.6) is 0 Å². The van der Waals surface area contributed by atoms with Crippen molar-refractivity contribution in [3.63, 3.8) is 0 Å². The fraction of sp³-hybridized carbons (Fsp3) is 1.00. The molecule has 0 aliphatic rings. The van der Waals surface area contributed by atoms with Crippen molar-refractivity contribution in [1.29, 1.82) is 0 Å². The summed E-state index contributed by atoms with van der Waals surface area (Å²) in [5.41, 5.74) is 0. The van der Waals surface area contributed by atoms with Crippen LogP contribution in [0.15, 0.2) is 0 Å². The van der Waals surface area contributed by atoms with Crippen molar-refractivity contribution in [2.24, 2.45) is 0 Å². The summed E-state index contributed by atoms with van der Waals surface area (Å²) in [5, 5.41) is 11.7. The number of unbranched alkanes of at least 4 members (excludes halogenated alkanes) is 1. The second-order valence-corrected chi connectivity index (χ2v) is 2.68. The minimum absolute atomic E-state index is 0.282. The zero-order chi connectivity index (χ0) is 8.53. The topological polar surface area (TPSA) is 41.5 Å². The molecule has 0 spiro atoms. The van der Waals surface area contributed by atoms with Crippen LogP contribution in [0.3, 0.4) is 0 Å². The summed E-state index contributed by atoms with van der Waals surface area (Å²) in [7, 11) is 1.71. The highest BCUT2D eigenvalue weighted by molar-refractivity contribution is 4.54. The molecular weight excluding hydrogens is 142 g/mol. The molecule has 3 nitrogen and oxygen atoms in total. The molecule has 0 saturated carbocycles. The lowest BCUT2D eigenvalue weighted by molar-refractivity contribution is 0.117. The van der Waals surface area contributed by atoms with Crippen molar-refractivity contribution in [3.05, 3.63) is 0 Å². The summed E-state index contributed by atoms with van der Waals surface area (Å²) >= 11 is 0. The smallest absolute Gasteiger partial charge is 0.0667 e. The molecule has 11 heavy (non-hydrogen) atoms. The minimum atomic E-state index is 0.282. The highest BCUT2D eigenvalue weighted by Gasteiger charge is 1.96. The third-order valence-corrected chi connectivity index (χ3v) is 1.60. The molecule has 2 N–H and O–H groups in total. The Hall–Kier alpha value is -0.120. The fourth-order valence-corrected chi connectivity index (χ4v) is 0.750. The third kappa shape index (κ3) is 7.78. The fourth-order valence-electron chi connectivity index (χ4n) is 0.750. The van der Waals surface area contributed by atoms with Gasteiger partial charge in [-0.3, -0.25) is 0 Å². The van der Waals surface area contributed by atoms with E-state index < -0.39 is 0 Å². The Kier molecular flexibility index (Phi) is 7.89. The number of nitrogens with one attached hydrogen (secondary N) is 1. The third-order valence-electron chi connectivity index (χ3n) is 1.60. The summed E-state index contributed by atoms with van der Waals surface area (Å²) in [5.74, 6) is 0. The number of hydrogen-bond acceptors (Lipinski definition) is 3. The van der Waals surface area contributed by atoms with Gasteiger partial charge in [-0.15, -0.1) is 0 Å². The molecule has 3 heteroatoms. The minimum Gasteiger partial charge on any atom is -0.396 e. The van der Waals surface area contributed by atoms with Crippen LogP contribution < -0.4 is 5.32 Å². The number of aliphatic hydroxyl groups excluding tert-OH is 1. The second-order valence-electron chi connectivity index (χ2n) is 2.68. The zero-order valence-corrected chi connectivity index (χ0v) is 7.47. The predicted octanol–water partition coefficient (Wildman–Crippen LogP) is 0.383. The van der Waals surface area contributed by atoms with E-state index in [0.29, 0.717) is 6.61 Å². The van der Waals surface area contributed by atoms with Crippen LogP contribution >= 0.6 is 0 Å². The number of aliphatic hydroxyl groups is 1. The molecule has 0 aromatic carbocycles. The van der Waals surface area contributed by atoms with Gasteiger partial charge in [-0.05, 0) is 26.3 Å². The maximum absolute atomic E-state index is 8.47. The van der Waals surface area contributed by atoms with Crippen LogP contribution in [0.1, 0.15) is 19.8 Å². The van der Waals surface area contributed by atoms with Crippen LogP contribution in [-0.2, 0) is 4.74 Å². The van der Waals surface area contributed by atoms with E-state index in [-0.39, 0.29) is 6.10 Å². The molecule has 0 aromatic rings. The summed E-state index contributed by atoms with van der Waals surface area (Å²) in [6.07, 6.45) is 2.20. The van der Waals surface area contributed by atoms with Gasteiger partial charge >= 0.3 is 0 Å². The lowest BCUT2D eigenvalue weighted by Crippen LogP contribution is -2.26. The van der Waals surface area contributed by atoms with Gasteiger partial charge in [-0.2, -0.15) is 0 Å². The molecule has 1 atom stereocenters. The van der Waals surface area contributed by atoms with Crippen LogP contribution in [0.4, 0.5) is 0 Å². The van der Waals surface area contributed by atoms with E-state index in [1.54, 1.807) is 7.11 Å². The predicted molar refractivity (Wildman–Crippen MR) is 45.7 cm³/mol. The Balaban J connectivity index is 2.89. The standard InChI is InChI=1S/C8H19NO2/c1-8(11-2)7-9-5-3-4-6-10/h8-10H,3-7H2,1-2H3. The first-order chi connectivity index (χ1) is 5.31. The monoisotopic (exact) mass is 161 g/mol. The molecule has 0 aliphatic heterocycles.